The Morgan fingerprint density at radius 1 is 1.56 bits per heavy atom. The normalized spacial score (nSPS) is 21.2. The number of amides is 1. The molecule has 0 radical (unpaired) electrons. The van der Waals surface area contributed by atoms with Crippen LogP contribution in [0.25, 0.3) is 0 Å². The van der Waals surface area contributed by atoms with E-state index in [2.05, 4.69) is 20.9 Å². The zero-order valence-electron chi connectivity index (χ0n) is 9.49. The SMILES string of the molecule is Cc1nc(C)c(C(=O)N2CCCC(Br)C2)o1. The number of carbonyl (C=O) groups is 1. The number of aromatic nitrogens is 1. The van der Waals surface area contributed by atoms with Crippen molar-refractivity contribution in [3.63, 3.8) is 0 Å². The Labute approximate surface area is 103 Å². The highest BCUT2D eigenvalue weighted by Gasteiger charge is 2.26. The zero-order valence-corrected chi connectivity index (χ0v) is 11.1. The molecule has 16 heavy (non-hydrogen) atoms. The molecule has 1 aromatic heterocycles. The van der Waals surface area contributed by atoms with Crippen LogP contribution in [0.4, 0.5) is 0 Å². The van der Waals surface area contributed by atoms with Crippen molar-refractivity contribution in [2.24, 2.45) is 0 Å². The van der Waals surface area contributed by atoms with Crippen LogP contribution in [0.1, 0.15) is 35.0 Å². The number of oxazole rings is 1. The van der Waals surface area contributed by atoms with E-state index in [1.165, 1.54) is 0 Å². The van der Waals surface area contributed by atoms with Crippen LogP contribution >= 0.6 is 15.9 Å². The number of hydrogen-bond donors (Lipinski definition) is 0. The first kappa shape index (κ1) is 11.6. The maximum Gasteiger partial charge on any atom is 0.291 e. The Balaban J connectivity index is 2.15. The summed E-state index contributed by atoms with van der Waals surface area (Å²) in [6, 6.07) is 0. The Bertz CT molecular complexity index is 403. The quantitative estimate of drug-likeness (QED) is 0.744. The van der Waals surface area contributed by atoms with Gasteiger partial charge in [0.05, 0.1) is 5.69 Å². The molecule has 1 aliphatic rings. The molecule has 2 rings (SSSR count). The van der Waals surface area contributed by atoms with Crippen LogP contribution < -0.4 is 0 Å². The van der Waals surface area contributed by atoms with E-state index in [4.69, 9.17) is 4.42 Å². The smallest absolute Gasteiger partial charge is 0.291 e. The highest BCUT2D eigenvalue weighted by atomic mass is 79.9. The molecule has 0 N–H and O–H groups in total. The van der Waals surface area contributed by atoms with E-state index in [0.29, 0.717) is 22.2 Å². The number of hydrogen-bond acceptors (Lipinski definition) is 3. The van der Waals surface area contributed by atoms with E-state index in [9.17, 15) is 4.79 Å². The summed E-state index contributed by atoms with van der Waals surface area (Å²) in [5, 5.41) is 0. The van der Waals surface area contributed by atoms with Gasteiger partial charge in [-0.05, 0) is 19.8 Å². The number of likely N-dealkylation sites (tertiary alicyclic amines) is 1. The number of carbonyl (C=O) groups excluding carboxylic acids is 1. The van der Waals surface area contributed by atoms with E-state index in [1.54, 1.807) is 13.8 Å². The number of aryl methyl sites for hydroxylation is 2. The fourth-order valence-corrected chi connectivity index (χ4v) is 2.66. The van der Waals surface area contributed by atoms with Gasteiger partial charge in [-0.3, -0.25) is 4.79 Å². The number of rotatable bonds is 1. The molecule has 2 heterocycles. The molecule has 1 unspecified atom stereocenters. The lowest BCUT2D eigenvalue weighted by Gasteiger charge is -2.29. The summed E-state index contributed by atoms with van der Waals surface area (Å²) in [4.78, 5) is 18.5. The van der Waals surface area contributed by atoms with Gasteiger partial charge in [0.1, 0.15) is 0 Å². The Morgan fingerprint density at radius 3 is 2.88 bits per heavy atom. The zero-order chi connectivity index (χ0) is 11.7. The van der Waals surface area contributed by atoms with Crippen LogP contribution in [0.2, 0.25) is 0 Å². The van der Waals surface area contributed by atoms with Crippen LogP contribution in [-0.2, 0) is 0 Å². The topological polar surface area (TPSA) is 46.3 Å². The molecule has 0 spiro atoms. The molecule has 1 saturated heterocycles. The van der Waals surface area contributed by atoms with Crippen LogP contribution in [0.15, 0.2) is 4.42 Å². The molecular weight excluding hydrogens is 272 g/mol. The van der Waals surface area contributed by atoms with Gasteiger partial charge in [-0.25, -0.2) is 4.98 Å². The minimum atomic E-state index is -0.0396. The van der Waals surface area contributed by atoms with Crippen LogP contribution in [0, 0.1) is 13.8 Å². The summed E-state index contributed by atoms with van der Waals surface area (Å²) in [6.45, 7) is 5.12. The van der Waals surface area contributed by atoms with Gasteiger partial charge < -0.3 is 9.32 Å². The van der Waals surface area contributed by atoms with Crippen molar-refractivity contribution in [1.82, 2.24) is 9.88 Å². The average Bonchev–Trinajstić information content (AvgIpc) is 2.57. The number of alkyl halides is 1. The van der Waals surface area contributed by atoms with Crippen molar-refractivity contribution in [3.8, 4) is 0 Å². The maximum atomic E-state index is 12.2. The standard InChI is InChI=1S/C11H15BrN2O2/c1-7-10(16-8(2)13-7)11(15)14-5-3-4-9(12)6-14/h9H,3-6H2,1-2H3. The molecule has 1 aliphatic heterocycles. The third-order valence-electron chi connectivity index (χ3n) is 2.75. The lowest BCUT2D eigenvalue weighted by atomic mass is 10.1. The molecule has 1 fully saturated rings. The second-order valence-electron chi connectivity index (χ2n) is 4.14. The van der Waals surface area contributed by atoms with E-state index >= 15 is 0 Å². The molecule has 0 saturated carbocycles. The summed E-state index contributed by atoms with van der Waals surface area (Å²) in [5.41, 5.74) is 0.680. The van der Waals surface area contributed by atoms with Crippen LogP contribution in [0.3, 0.4) is 0 Å². The predicted molar refractivity (Wildman–Crippen MR) is 63.8 cm³/mol. The van der Waals surface area contributed by atoms with Crippen LogP contribution in [-0.4, -0.2) is 33.7 Å². The highest BCUT2D eigenvalue weighted by Crippen LogP contribution is 2.20. The number of piperidine rings is 1. The second-order valence-corrected chi connectivity index (χ2v) is 5.43. The summed E-state index contributed by atoms with van der Waals surface area (Å²) in [5.74, 6) is 0.898. The molecule has 1 amide bonds. The number of halogens is 1. The van der Waals surface area contributed by atoms with Crippen molar-refractivity contribution in [1.29, 1.82) is 0 Å². The monoisotopic (exact) mass is 286 g/mol. The Kier molecular flexibility index (Phi) is 3.33. The van der Waals surface area contributed by atoms with Crippen molar-refractivity contribution in [3.05, 3.63) is 17.3 Å². The van der Waals surface area contributed by atoms with E-state index in [-0.39, 0.29) is 5.91 Å². The first-order valence-electron chi connectivity index (χ1n) is 5.45. The third kappa shape index (κ3) is 2.29. The van der Waals surface area contributed by atoms with Crippen LogP contribution in [0.5, 0.6) is 0 Å². The van der Waals surface area contributed by atoms with Gasteiger partial charge >= 0.3 is 0 Å². The molecular formula is C11H15BrN2O2. The largest absolute Gasteiger partial charge is 0.436 e. The molecule has 1 atom stereocenters. The minimum absolute atomic E-state index is 0.0396. The fraction of sp³-hybridized carbons (Fsp3) is 0.636. The summed E-state index contributed by atoms with van der Waals surface area (Å²) >= 11 is 3.55. The Hall–Kier alpha value is -0.840. The van der Waals surface area contributed by atoms with Crippen molar-refractivity contribution in [2.45, 2.75) is 31.5 Å². The van der Waals surface area contributed by atoms with Gasteiger partial charge in [0.15, 0.2) is 5.89 Å². The summed E-state index contributed by atoms with van der Waals surface area (Å²) < 4.78 is 5.35. The molecule has 0 bridgehead atoms. The van der Waals surface area contributed by atoms with E-state index in [1.807, 2.05) is 4.90 Å². The van der Waals surface area contributed by atoms with Crippen molar-refractivity contribution >= 4 is 21.8 Å². The summed E-state index contributed by atoms with van der Waals surface area (Å²) in [7, 11) is 0. The van der Waals surface area contributed by atoms with Crippen molar-refractivity contribution < 1.29 is 9.21 Å². The second kappa shape index (κ2) is 4.57. The Morgan fingerprint density at radius 2 is 2.31 bits per heavy atom. The molecule has 1 aromatic rings. The van der Waals surface area contributed by atoms with Gasteiger partial charge in [-0.1, -0.05) is 15.9 Å². The molecule has 0 aromatic carbocycles. The molecule has 0 aliphatic carbocycles. The van der Waals surface area contributed by atoms with E-state index in [0.717, 1.165) is 25.9 Å². The van der Waals surface area contributed by atoms with E-state index < -0.39 is 0 Å². The van der Waals surface area contributed by atoms with Gasteiger partial charge in [0.2, 0.25) is 5.76 Å². The first-order valence-corrected chi connectivity index (χ1v) is 6.37. The lowest BCUT2D eigenvalue weighted by Crippen LogP contribution is -2.40. The fourth-order valence-electron chi connectivity index (χ4n) is 1.98. The van der Waals surface area contributed by atoms with Crippen molar-refractivity contribution in [2.75, 3.05) is 13.1 Å². The van der Waals surface area contributed by atoms with Gasteiger partial charge in [0, 0.05) is 24.8 Å². The maximum absolute atomic E-state index is 12.2. The van der Waals surface area contributed by atoms with Gasteiger partial charge in [-0.2, -0.15) is 0 Å². The minimum Gasteiger partial charge on any atom is -0.436 e. The highest BCUT2D eigenvalue weighted by molar-refractivity contribution is 9.09. The summed E-state index contributed by atoms with van der Waals surface area (Å²) in [6.07, 6.45) is 2.16. The average molecular weight is 287 g/mol. The predicted octanol–water partition coefficient (Wildman–Crippen LogP) is 2.29. The van der Waals surface area contributed by atoms with Gasteiger partial charge in [-0.15, -0.1) is 0 Å². The third-order valence-corrected chi connectivity index (χ3v) is 3.50. The van der Waals surface area contributed by atoms with Gasteiger partial charge in [0.25, 0.3) is 5.91 Å². The lowest BCUT2D eigenvalue weighted by molar-refractivity contribution is 0.0695. The first-order chi connectivity index (χ1) is 7.58. The molecule has 4 nitrogen and oxygen atoms in total. The molecule has 88 valence electrons. The number of nitrogens with zero attached hydrogens (tertiary/aromatic N) is 2. The molecule has 5 heteroatoms.